The molecular weight excluding hydrogens is 327 g/mol. The van der Waals surface area contributed by atoms with Gasteiger partial charge in [-0.25, -0.2) is 14.2 Å². The van der Waals surface area contributed by atoms with Crippen LogP contribution in [-0.2, 0) is 10.8 Å². The third-order valence-corrected chi connectivity index (χ3v) is 4.65. The van der Waals surface area contributed by atoms with Crippen molar-refractivity contribution in [3.05, 3.63) is 30.5 Å². The highest BCUT2D eigenvalue weighted by molar-refractivity contribution is 7.84. The average Bonchev–Trinajstić information content (AvgIpc) is 2.95. The van der Waals surface area contributed by atoms with Gasteiger partial charge in [0.1, 0.15) is 15.8 Å². The summed E-state index contributed by atoms with van der Waals surface area (Å²) in [6.45, 7) is 0.339. The number of anilines is 1. The van der Waals surface area contributed by atoms with Crippen LogP contribution in [0.2, 0.25) is 0 Å². The normalized spacial score (nSPS) is 12.0. The lowest BCUT2D eigenvalue weighted by Gasteiger charge is -2.15. The summed E-state index contributed by atoms with van der Waals surface area (Å²) in [4.78, 5) is 21.3. The molecule has 2 heterocycles. The molecule has 0 aliphatic rings. The van der Waals surface area contributed by atoms with E-state index in [4.69, 9.17) is 0 Å². The minimum absolute atomic E-state index is 0.307. The fourth-order valence-corrected chi connectivity index (χ4v) is 2.85. The van der Waals surface area contributed by atoms with Gasteiger partial charge in [0.15, 0.2) is 0 Å². The Labute approximate surface area is 133 Å². The number of carbonyl (C=O) groups is 1. The first-order valence-corrected chi connectivity index (χ1v) is 8.90. The summed E-state index contributed by atoms with van der Waals surface area (Å²) >= 11 is 1.26. The second kappa shape index (κ2) is 7.41. The highest BCUT2D eigenvalue weighted by Crippen LogP contribution is 2.30. The molecule has 6 nitrogen and oxygen atoms in total. The standard InChI is InChI=1S/C13H15FN4O2S2/c1-18(13(19)16-3-4-22(2)20)11-8-17-12(21-11)9-5-10(14)7-15-6-9/h5-8H,3-4H2,1-2H3,(H,16,19). The molecule has 1 atom stereocenters. The maximum atomic E-state index is 13.2. The van der Waals surface area contributed by atoms with Crippen molar-refractivity contribution in [1.82, 2.24) is 15.3 Å². The highest BCUT2D eigenvalue weighted by Gasteiger charge is 2.14. The number of urea groups is 1. The van der Waals surface area contributed by atoms with Gasteiger partial charge in [-0.3, -0.25) is 14.1 Å². The number of hydrogen-bond donors (Lipinski definition) is 1. The predicted molar refractivity (Wildman–Crippen MR) is 86.0 cm³/mol. The SMILES string of the molecule is CN(C(=O)NCCS(C)=O)c1cnc(-c2cncc(F)c2)s1. The van der Waals surface area contributed by atoms with Gasteiger partial charge < -0.3 is 5.32 Å². The molecule has 0 fully saturated rings. The maximum absolute atomic E-state index is 13.2. The molecule has 0 aliphatic carbocycles. The van der Waals surface area contributed by atoms with E-state index in [-0.39, 0.29) is 6.03 Å². The number of nitrogens with zero attached hydrogens (tertiary/aromatic N) is 3. The Morgan fingerprint density at radius 3 is 2.91 bits per heavy atom. The summed E-state index contributed by atoms with van der Waals surface area (Å²) < 4.78 is 24.1. The van der Waals surface area contributed by atoms with Crippen LogP contribution >= 0.6 is 11.3 Å². The maximum Gasteiger partial charge on any atom is 0.322 e. The van der Waals surface area contributed by atoms with Crippen LogP contribution in [0.4, 0.5) is 14.2 Å². The van der Waals surface area contributed by atoms with E-state index in [1.807, 2.05) is 0 Å². The minimum atomic E-state index is -0.948. The number of hydrogen-bond acceptors (Lipinski definition) is 5. The van der Waals surface area contributed by atoms with E-state index in [1.165, 1.54) is 28.5 Å². The minimum Gasteiger partial charge on any atom is -0.337 e. The van der Waals surface area contributed by atoms with Crippen LogP contribution in [0.25, 0.3) is 10.6 Å². The van der Waals surface area contributed by atoms with Crippen molar-refractivity contribution in [3.8, 4) is 10.6 Å². The zero-order chi connectivity index (χ0) is 16.1. The monoisotopic (exact) mass is 342 g/mol. The number of carbonyl (C=O) groups excluding carboxylic acids is 1. The summed E-state index contributed by atoms with van der Waals surface area (Å²) in [5.74, 6) is -0.0319. The molecule has 9 heteroatoms. The van der Waals surface area contributed by atoms with Gasteiger partial charge in [-0.05, 0) is 6.07 Å². The second-order valence-corrected chi connectivity index (χ2v) is 7.03. The summed E-state index contributed by atoms with van der Waals surface area (Å²) in [7, 11) is 0.662. The van der Waals surface area contributed by atoms with Crippen molar-refractivity contribution in [3.63, 3.8) is 0 Å². The number of thiazole rings is 1. The predicted octanol–water partition coefficient (Wildman–Crippen LogP) is 1.87. The Balaban J connectivity index is 2.04. The van der Waals surface area contributed by atoms with Gasteiger partial charge in [0.05, 0.1) is 12.4 Å². The van der Waals surface area contributed by atoms with Crippen LogP contribution in [0.3, 0.4) is 0 Å². The summed E-state index contributed by atoms with van der Waals surface area (Å²) in [6.07, 6.45) is 5.76. The van der Waals surface area contributed by atoms with E-state index in [0.29, 0.717) is 27.9 Å². The van der Waals surface area contributed by atoms with Crippen molar-refractivity contribution in [2.24, 2.45) is 0 Å². The smallest absolute Gasteiger partial charge is 0.322 e. The Morgan fingerprint density at radius 2 is 2.23 bits per heavy atom. The van der Waals surface area contributed by atoms with Crippen LogP contribution in [0.5, 0.6) is 0 Å². The van der Waals surface area contributed by atoms with Gasteiger partial charge in [0.25, 0.3) is 0 Å². The number of aromatic nitrogens is 2. The number of amides is 2. The molecule has 2 aromatic rings. The van der Waals surface area contributed by atoms with Crippen molar-refractivity contribution < 1.29 is 13.4 Å². The van der Waals surface area contributed by atoms with Crippen molar-refractivity contribution in [2.75, 3.05) is 30.5 Å². The molecule has 0 saturated heterocycles. The van der Waals surface area contributed by atoms with Crippen LogP contribution < -0.4 is 10.2 Å². The molecule has 118 valence electrons. The molecule has 1 unspecified atom stereocenters. The lowest BCUT2D eigenvalue weighted by molar-refractivity contribution is 0.248. The van der Waals surface area contributed by atoms with Crippen LogP contribution in [-0.4, -0.2) is 45.8 Å². The molecule has 1 N–H and O–H groups in total. The van der Waals surface area contributed by atoms with Crippen LogP contribution in [0, 0.1) is 5.82 Å². The van der Waals surface area contributed by atoms with E-state index in [9.17, 15) is 13.4 Å². The van der Waals surface area contributed by atoms with Crippen LogP contribution in [0.15, 0.2) is 24.7 Å². The number of rotatable bonds is 5. The number of nitrogens with one attached hydrogen (secondary N) is 1. The van der Waals surface area contributed by atoms with Crippen molar-refractivity contribution in [1.29, 1.82) is 0 Å². The molecular formula is C13H15FN4O2S2. The van der Waals surface area contributed by atoms with Gasteiger partial charge >= 0.3 is 6.03 Å². The molecule has 0 saturated carbocycles. The Kier molecular flexibility index (Phi) is 5.56. The van der Waals surface area contributed by atoms with Crippen LogP contribution in [0.1, 0.15) is 0 Å². The van der Waals surface area contributed by atoms with Crippen molar-refractivity contribution >= 4 is 33.2 Å². The molecule has 2 aromatic heterocycles. The van der Waals surface area contributed by atoms with E-state index in [1.54, 1.807) is 19.5 Å². The average molecular weight is 342 g/mol. The van der Waals surface area contributed by atoms with Gasteiger partial charge in [-0.15, -0.1) is 0 Å². The van der Waals surface area contributed by atoms with Crippen molar-refractivity contribution in [2.45, 2.75) is 0 Å². The van der Waals surface area contributed by atoms with E-state index < -0.39 is 16.6 Å². The first-order valence-electron chi connectivity index (χ1n) is 6.35. The first kappa shape index (κ1) is 16.5. The number of halogens is 1. The largest absolute Gasteiger partial charge is 0.337 e. The summed E-state index contributed by atoms with van der Waals surface area (Å²) in [6, 6.07) is 1.03. The van der Waals surface area contributed by atoms with Gasteiger partial charge in [0.2, 0.25) is 0 Å². The van der Waals surface area contributed by atoms with Gasteiger partial charge in [0, 0.05) is 48.2 Å². The molecule has 2 amide bonds. The summed E-state index contributed by atoms with van der Waals surface area (Å²) in [5.41, 5.74) is 0.562. The molecule has 0 radical (unpaired) electrons. The molecule has 0 spiro atoms. The highest BCUT2D eigenvalue weighted by atomic mass is 32.2. The van der Waals surface area contributed by atoms with Gasteiger partial charge in [-0.1, -0.05) is 11.3 Å². The molecule has 0 bridgehead atoms. The Hall–Kier alpha value is -1.87. The second-order valence-electron chi connectivity index (χ2n) is 4.46. The molecule has 0 aliphatic heterocycles. The summed E-state index contributed by atoms with van der Waals surface area (Å²) in [5, 5.41) is 3.87. The van der Waals surface area contributed by atoms with E-state index in [0.717, 1.165) is 6.20 Å². The fraction of sp³-hybridized carbons (Fsp3) is 0.308. The number of pyridine rings is 1. The molecule has 2 rings (SSSR count). The fourth-order valence-electron chi connectivity index (χ4n) is 1.60. The lowest BCUT2D eigenvalue weighted by atomic mass is 10.3. The third kappa shape index (κ3) is 4.31. The molecule has 22 heavy (non-hydrogen) atoms. The lowest BCUT2D eigenvalue weighted by Crippen LogP contribution is -2.38. The Morgan fingerprint density at radius 1 is 1.45 bits per heavy atom. The topological polar surface area (TPSA) is 75.2 Å². The van der Waals surface area contributed by atoms with E-state index >= 15 is 0 Å². The molecule has 0 aromatic carbocycles. The zero-order valence-electron chi connectivity index (χ0n) is 12.1. The third-order valence-electron chi connectivity index (χ3n) is 2.75. The Bertz CT molecular complexity index is 692. The zero-order valence-corrected chi connectivity index (χ0v) is 13.7. The first-order chi connectivity index (χ1) is 10.5. The quantitative estimate of drug-likeness (QED) is 0.900. The van der Waals surface area contributed by atoms with E-state index in [2.05, 4.69) is 15.3 Å². The van der Waals surface area contributed by atoms with Gasteiger partial charge in [-0.2, -0.15) is 0 Å².